The average Bonchev–Trinajstić information content (AvgIpc) is 2.81. The minimum atomic E-state index is -1.07. The van der Waals surface area contributed by atoms with Gasteiger partial charge >= 0.3 is 12.1 Å². The smallest absolute Gasteiger partial charge is 0.408 e. The highest BCUT2D eigenvalue weighted by Gasteiger charge is 2.25. The molecule has 4 amide bonds. The molecule has 0 aromatic heterocycles. The van der Waals surface area contributed by atoms with Gasteiger partial charge in [0, 0.05) is 19.4 Å². The van der Waals surface area contributed by atoms with Crippen LogP contribution in [0.15, 0.2) is 30.3 Å². The maximum absolute atomic E-state index is 12.3. The van der Waals surface area contributed by atoms with Gasteiger partial charge in [-0.1, -0.05) is 36.8 Å². The molecule has 0 aliphatic rings. The minimum Gasteiger partial charge on any atom is -0.461 e. The van der Waals surface area contributed by atoms with Crippen molar-refractivity contribution in [3.63, 3.8) is 0 Å². The number of hydrogen-bond donors (Lipinski definition) is 4. The number of rotatable bonds is 15. The molecule has 0 heterocycles. The van der Waals surface area contributed by atoms with Crippen molar-refractivity contribution in [1.29, 1.82) is 0 Å². The SMILES string of the molecule is C[C@@H](NC(=O)OC(C)(C)C)C(=O)N[C@H](CCC(=O)NCCCCCC(=O)OCc1ccccc1)C(N)=O. The fraction of sp³-hybridized carbons (Fsp3) is 0.577. The molecule has 1 aromatic rings. The van der Waals surface area contributed by atoms with Crippen molar-refractivity contribution in [3.8, 4) is 0 Å². The lowest BCUT2D eigenvalue weighted by atomic mass is 10.1. The second kappa shape index (κ2) is 16.2. The second-order valence-corrected chi connectivity index (χ2v) is 9.68. The molecule has 11 heteroatoms. The lowest BCUT2D eigenvalue weighted by Gasteiger charge is -2.23. The van der Waals surface area contributed by atoms with Crippen LogP contribution in [0.4, 0.5) is 4.79 Å². The van der Waals surface area contributed by atoms with E-state index in [4.69, 9.17) is 15.2 Å². The maximum atomic E-state index is 12.3. The first-order valence-electron chi connectivity index (χ1n) is 12.4. The molecule has 1 rings (SSSR count). The number of benzene rings is 1. The molecule has 5 N–H and O–H groups in total. The summed E-state index contributed by atoms with van der Waals surface area (Å²) in [5.41, 5.74) is 5.56. The Hall–Kier alpha value is -3.63. The van der Waals surface area contributed by atoms with Crippen molar-refractivity contribution in [3.05, 3.63) is 35.9 Å². The summed E-state index contributed by atoms with van der Waals surface area (Å²) in [6.07, 6.45) is 1.60. The fourth-order valence-corrected chi connectivity index (χ4v) is 3.11. The second-order valence-electron chi connectivity index (χ2n) is 9.68. The highest BCUT2D eigenvalue weighted by atomic mass is 16.6. The first-order chi connectivity index (χ1) is 17.4. The topological polar surface area (TPSA) is 166 Å². The number of esters is 1. The first kappa shape index (κ1) is 31.4. The Labute approximate surface area is 218 Å². The van der Waals surface area contributed by atoms with Crippen LogP contribution in [-0.2, 0) is 35.3 Å². The van der Waals surface area contributed by atoms with Crippen molar-refractivity contribution in [2.45, 2.75) is 90.5 Å². The van der Waals surface area contributed by atoms with Crippen LogP contribution < -0.4 is 21.7 Å². The summed E-state index contributed by atoms with van der Waals surface area (Å²) in [6.45, 7) is 7.18. The molecule has 1 aromatic carbocycles. The van der Waals surface area contributed by atoms with Crippen molar-refractivity contribution in [2.75, 3.05) is 6.54 Å². The van der Waals surface area contributed by atoms with Crippen molar-refractivity contribution >= 4 is 29.8 Å². The van der Waals surface area contributed by atoms with Crippen LogP contribution in [0.1, 0.15) is 71.8 Å². The Morgan fingerprint density at radius 3 is 2.24 bits per heavy atom. The van der Waals surface area contributed by atoms with Gasteiger partial charge in [0.15, 0.2) is 0 Å². The van der Waals surface area contributed by atoms with Crippen molar-refractivity contribution in [1.82, 2.24) is 16.0 Å². The number of hydrogen-bond acceptors (Lipinski definition) is 7. The molecule has 11 nitrogen and oxygen atoms in total. The summed E-state index contributed by atoms with van der Waals surface area (Å²) in [5.74, 6) is -1.96. The normalized spacial score (nSPS) is 12.5. The van der Waals surface area contributed by atoms with Gasteiger partial charge in [-0.05, 0) is 52.5 Å². The van der Waals surface area contributed by atoms with E-state index in [2.05, 4.69) is 16.0 Å². The fourth-order valence-electron chi connectivity index (χ4n) is 3.11. The monoisotopic (exact) mass is 520 g/mol. The van der Waals surface area contributed by atoms with Gasteiger partial charge in [-0.15, -0.1) is 0 Å². The first-order valence-corrected chi connectivity index (χ1v) is 12.4. The number of nitrogens with two attached hydrogens (primary N) is 1. The number of primary amides is 1. The predicted octanol–water partition coefficient (Wildman–Crippen LogP) is 2.07. The Morgan fingerprint density at radius 1 is 0.946 bits per heavy atom. The van der Waals surface area contributed by atoms with E-state index >= 15 is 0 Å². The number of ether oxygens (including phenoxy) is 2. The van der Waals surface area contributed by atoms with Gasteiger partial charge < -0.3 is 31.2 Å². The van der Waals surface area contributed by atoms with Gasteiger partial charge in [-0.3, -0.25) is 19.2 Å². The Kier molecular flexibility index (Phi) is 13.7. The van der Waals surface area contributed by atoms with Gasteiger partial charge in [0.1, 0.15) is 24.3 Å². The lowest BCUT2D eigenvalue weighted by Crippen LogP contribution is -2.52. The van der Waals surface area contributed by atoms with Gasteiger partial charge in [-0.25, -0.2) is 4.79 Å². The van der Waals surface area contributed by atoms with E-state index < -0.39 is 35.6 Å². The van der Waals surface area contributed by atoms with Crippen LogP contribution in [0.2, 0.25) is 0 Å². The summed E-state index contributed by atoms with van der Waals surface area (Å²) in [4.78, 5) is 59.8. The zero-order valence-electron chi connectivity index (χ0n) is 22.1. The van der Waals surface area contributed by atoms with Crippen LogP contribution in [0.3, 0.4) is 0 Å². The third-order valence-corrected chi connectivity index (χ3v) is 5.07. The summed E-state index contributed by atoms with van der Waals surface area (Å²) in [5, 5.41) is 7.57. The zero-order chi connectivity index (χ0) is 27.8. The van der Waals surface area contributed by atoms with E-state index in [9.17, 15) is 24.0 Å². The molecule has 0 saturated heterocycles. The molecule has 0 saturated carbocycles. The zero-order valence-corrected chi connectivity index (χ0v) is 22.1. The van der Waals surface area contributed by atoms with Crippen LogP contribution in [0.25, 0.3) is 0 Å². The van der Waals surface area contributed by atoms with E-state index in [-0.39, 0.29) is 31.3 Å². The molecule has 0 fully saturated rings. The molecule has 0 bridgehead atoms. The predicted molar refractivity (Wildman–Crippen MR) is 137 cm³/mol. The quantitative estimate of drug-likeness (QED) is 0.203. The number of amides is 4. The number of carbonyl (C=O) groups excluding carboxylic acids is 5. The Morgan fingerprint density at radius 2 is 1.62 bits per heavy atom. The average molecular weight is 521 g/mol. The largest absolute Gasteiger partial charge is 0.461 e. The third-order valence-electron chi connectivity index (χ3n) is 5.07. The Bertz CT molecular complexity index is 900. The molecule has 0 radical (unpaired) electrons. The Balaban J connectivity index is 2.22. The van der Waals surface area contributed by atoms with E-state index in [0.717, 1.165) is 12.0 Å². The molecule has 206 valence electrons. The van der Waals surface area contributed by atoms with E-state index in [1.807, 2.05) is 30.3 Å². The number of carbonyl (C=O) groups is 5. The molecule has 0 spiro atoms. The van der Waals surface area contributed by atoms with Crippen LogP contribution >= 0.6 is 0 Å². The standard InChI is InChI=1S/C26H40N4O7/c1-18(29-25(35)37-26(2,3)4)24(34)30-20(23(27)33)14-15-21(31)28-16-10-6-9-13-22(32)36-17-19-11-7-5-8-12-19/h5,7-8,11-12,18,20H,6,9-10,13-17H2,1-4H3,(H2,27,33)(H,28,31)(H,29,35)(H,30,34)/t18-,20-/m1/s1. The van der Waals surface area contributed by atoms with E-state index in [1.54, 1.807) is 20.8 Å². The molecule has 0 unspecified atom stereocenters. The van der Waals surface area contributed by atoms with Crippen LogP contribution in [0.5, 0.6) is 0 Å². The highest BCUT2D eigenvalue weighted by molar-refractivity contribution is 5.90. The highest BCUT2D eigenvalue weighted by Crippen LogP contribution is 2.07. The summed E-state index contributed by atoms with van der Waals surface area (Å²) in [6, 6.07) is 7.40. The van der Waals surface area contributed by atoms with Gasteiger partial charge in [-0.2, -0.15) is 0 Å². The summed E-state index contributed by atoms with van der Waals surface area (Å²) in [7, 11) is 0. The number of nitrogens with one attached hydrogen (secondary N) is 3. The van der Waals surface area contributed by atoms with E-state index in [0.29, 0.717) is 25.8 Å². The molecule has 0 aliphatic carbocycles. The third kappa shape index (κ3) is 15.2. The molecular weight excluding hydrogens is 480 g/mol. The van der Waals surface area contributed by atoms with Gasteiger partial charge in [0.25, 0.3) is 0 Å². The molecule has 0 aliphatic heterocycles. The van der Waals surface area contributed by atoms with Crippen molar-refractivity contribution < 1.29 is 33.4 Å². The van der Waals surface area contributed by atoms with E-state index in [1.165, 1.54) is 6.92 Å². The molecule has 2 atom stereocenters. The lowest BCUT2D eigenvalue weighted by molar-refractivity contribution is -0.145. The summed E-state index contributed by atoms with van der Waals surface area (Å²) < 4.78 is 10.3. The van der Waals surface area contributed by atoms with Gasteiger partial charge in [0.2, 0.25) is 17.7 Å². The van der Waals surface area contributed by atoms with Crippen LogP contribution in [0, 0.1) is 0 Å². The molecular formula is C26H40N4O7. The van der Waals surface area contributed by atoms with Crippen molar-refractivity contribution in [2.24, 2.45) is 5.73 Å². The van der Waals surface area contributed by atoms with Gasteiger partial charge in [0.05, 0.1) is 0 Å². The maximum Gasteiger partial charge on any atom is 0.408 e. The number of alkyl carbamates (subject to hydrolysis) is 1. The van der Waals surface area contributed by atoms with Crippen LogP contribution in [-0.4, -0.2) is 54.0 Å². The number of unbranched alkanes of at least 4 members (excludes halogenated alkanes) is 2. The molecule has 37 heavy (non-hydrogen) atoms. The minimum absolute atomic E-state index is 0.0132. The summed E-state index contributed by atoms with van der Waals surface area (Å²) >= 11 is 0.